The summed E-state index contributed by atoms with van der Waals surface area (Å²) < 4.78 is 6.52. The van der Waals surface area contributed by atoms with Gasteiger partial charge in [0, 0.05) is 17.4 Å². The van der Waals surface area contributed by atoms with E-state index >= 15 is 0 Å². The van der Waals surface area contributed by atoms with E-state index < -0.39 is 11.5 Å². The Kier molecular flexibility index (Phi) is 8.00. The van der Waals surface area contributed by atoms with Gasteiger partial charge in [0.25, 0.3) is 0 Å². The van der Waals surface area contributed by atoms with Crippen molar-refractivity contribution < 1.29 is 19.4 Å². The second kappa shape index (κ2) is 11.4. The number of carbonyl (C=O) groups is 2. The fraction of sp³-hybridized carbons (Fsp3) is 0.628. The standard InChI is InChI=1S/C43H57NO4/c1-38-21-22-39(2,37(47)48-35(28-13-9-7-10-14-28)29-15-11-8-12-16-29)26-31(38)30-25-32(46)36-40(3)19-18-34(44)41(4,27-45)33(40)17-20-43(36,6)42(30,5)24-23-38/h7-16,25,31,33-36,45H,17-24,26-27,44H2,1-6H3/t31-,33+,34-,36+,38+,39-,40-,41-,42+,43+/m0/s1. The number of aliphatic hydroxyl groups is 1. The predicted molar refractivity (Wildman–Crippen MR) is 190 cm³/mol. The monoisotopic (exact) mass is 651 g/mol. The molecule has 4 saturated carbocycles. The van der Waals surface area contributed by atoms with E-state index in [0.29, 0.717) is 6.42 Å². The molecule has 0 aliphatic heterocycles. The molecule has 0 saturated heterocycles. The lowest BCUT2D eigenvalue weighted by atomic mass is 9.33. The lowest BCUT2D eigenvalue weighted by Gasteiger charge is -2.70. The summed E-state index contributed by atoms with van der Waals surface area (Å²) in [5, 5.41) is 10.7. The van der Waals surface area contributed by atoms with Gasteiger partial charge >= 0.3 is 5.97 Å². The topological polar surface area (TPSA) is 89.6 Å². The van der Waals surface area contributed by atoms with Crippen LogP contribution in [0.25, 0.3) is 0 Å². The zero-order chi connectivity index (χ0) is 34.3. The summed E-state index contributed by atoms with van der Waals surface area (Å²) in [5.41, 5.74) is 8.39. The van der Waals surface area contributed by atoms with Crippen LogP contribution in [0.1, 0.15) is 117 Å². The Bertz CT molecular complexity index is 1570. The van der Waals surface area contributed by atoms with Crippen LogP contribution in [0.2, 0.25) is 0 Å². The number of allylic oxidation sites excluding steroid dienone is 2. The number of fused-ring (bicyclic) bond motifs is 7. The van der Waals surface area contributed by atoms with Crippen molar-refractivity contribution in [3.63, 3.8) is 0 Å². The third-order valence-corrected chi connectivity index (χ3v) is 15.7. The summed E-state index contributed by atoms with van der Waals surface area (Å²) in [6.45, 7) is 13.9. The lowest BCUT2D eigenvalue weighted by molar-refractivity contribution is -0.195. The Morgan fingerprint density at radius 1 is 0.854 bits per heavy atom. The van der Waals surface area contributed by atoms with Crippen LogP contribution in [0.3, 0.4) is 0 Å². The van der Waals surface area contributed by atoms with E-state index in [2.05, 4.69) is 47.6 Å². The SMILES string of the molecule is C[C@]1(C(=O)OC(c2ccccc2)c2ccccc2)CC[C@]2(C)CC[C@]3(C)C(=CC(=O)[C@@H]4[C@@]5(C)CC[C@H](N)[C@@](C)(CO)[C@@H]5CC[C@]43C)[C@@H]2C1. The highest BCUT2D eigenvalue weighted by Gasteiger charge is 2.70. The van der Waals surface area contributed by atoms with Gasteiger partial charge in [0.2, 0.25) is 0 Å². The van der Waals surface area contributed by atoms with Crippen molar-refractivity contribution in [2.45, 2.75) is 111 Å². The van der Waals surface area contributed by atoms with Crippen molar-refractivity contribution in [1.29, 1.82) is 0 Å². The molecule has 0 heterocycles. The smallest absolute Gasteiger partial charge is 0.312 e. The summed E-state index contributed by atoms with van der Waals surface area (Å²) >= 11 is 0. The van der Waals surface area contributed by atoms with E-state index in [4.69, 9.17) is 10.5 Å². The third kappa shape index (κ3) is 4.69. The van der Waals surface area contributed by atoms with Crippen molar-refractivity contribution in [3.05, 3.63) is 83.4 Å². The molecule has 10 atom stereocenters. The van der Waals surface area contributed by atoms with Crippen LogP contribution in [0.5, 0.6) is 0 Å². The number of benzene rings is 2. The highest BCUT2D eigenvalue weighted by Crippen LogP contribution is 2.75. The zero-order valence-electron chi connectivity index (χ0n) is 30.1. The molecule has 5 nitrogen and oxygen atoms in total. The largest absolute Gasteiger partial charge is 0.452 e. The minimum Gasteiger partial charge on any atom is -0.452 e. The molecule has 5 aliphatic carbocycles. The molecule has 0 radical (unpaired) electrons. The maximum absolute atomic E-state index is 14.7. The average Bonchev–Trinajstić information content (AvgIpc) is 3.08. The van der Waals surface area contributed by atoms with Gasteiger partial charge in [-0.2, -0.15) is 0 Å². The van der Waals surface area contributed by atoms with Crippen molar-refractivity contribution in [2.24, 2.45) is 56.0 Å². The van der Waals surface area contributed by atoms with E-state index in [0.717, 1.165) is 62.5 Å². The molecule has 0 aromatic heterocycles. The van der Waals surface area contributed by atoms with E-state index in [-0.39, 0.29) is 69.2 Å². The quantitative estimate of drug-likeness (QED) is 0.316. The van der Waals surface area contributed by atoms with E-state index in [1.807, 2.05) is 60.7 Å². The fourth-order valence-electron chi connectivity index (χ4n) is 12.3. The molecule has 258 valence electrons. The van der Waals surface area contributed by atoms with Crippen LogP contribution >= 0.6 is 0 Å². The number of ether oxygens (including phenoxy) is 1. The Labute approximate surface area is 288 Å². The average molecular weight is 652 g/mol. The van der Waals surface area contributed by atoms with Gasteiger partial charge in [0.05, 0.1) is 12.0 Å². The van der Waals surface area contributed by atoms with Crippen LogP contribution in [-0.2, 0) is 14.3 Å². The van der Waals surface area contributed by atoms with Crippen molar-refractivity contribution in [1.82, 2.24) is 0 Å². The number of nitrogens with two attached hydrogens (primary N) is 1. The molecule has 2 aromatic rings. The molecular weight excluding hydrogens is 594 g/mol. The van der Waals surface area contributed by atoms with Crippen LogP contribution in [0, 0.1) is 50.2 Å². The van der Waals surface area contributed by atoms with E-state index in [1.165, 1.54) is 5.57 Å². The van der Waals surface area contributed by atoms with Gasteiger partial charge < -0.3 is 15.6 Å². The zero-order valence-corrected chi connectivity index (χ0v) is 30.1. The number of rotatable bonds is 5. The predicted octanol–water partition coefficient (Wildman–Crippen LogP) is 8.60. The van der Waals surface area contributed by atoms with E-state index in [9.17, 15) is 14.7 Å². The molecule has 5 heteroatoms. The van der Waals surface area contributed by atoms with Crippen LogP contribution in [-0.4, -0.2) is 29.5 Å². The Balaban J connectivity index is 1.23. The molecule has 5 aliphatic rings. The molecule has 0 spiro atoms. The van der Waals surface area contributed by atoms with Crippen molar-refractivity contribution in [3.8, 4) is 0 Å². The van der Waals surface area contributed by atoms with Crippen molar-refractivity contribution >= 4 is 11.8 Å². The van der Waals surface area contributed by atoms with Crippen LogP contribution < -0.4 is 5.73 Å². The molecule has 3 N–H and O–H groups in total. The van der Waals surface area contributed by atoms with Gasteiger partial charge in [-0.3, -0.25) is 9.59 Å². The molecule has 7 rings (SSSR count). The Hall–Kier alpha value is -2.76. The number of hydrogen-bond donors (Lipinski definition) is 2. The Morgan fingerprint density at radius 2 is 1.46 bits per heavy atom. The highest BCUT2D eigenvalue weighted by molar-refractivity contribution is 5.95. The van der Waals surface area contributed by atoms with Crippen LogP contribution in [0.4, 0.5) is 0 Å². The summed E-state index contributed by atoms with van der Waals surface area (Å²) in [6.07, 6.45) is 9.89. The number of hydrogen-bond acceptors (Lipinski definition) is 5. The minimum absolute atomic E-state index is 0.0427. The van der Waals surface area contributed by atoms with Crippen molar-refractivity contribution in [2.75, 3.05) is 6.61 Å². The maximum atomic E-state index is 14.7. The normalized spacial score (nSPS) is 43.7. The second-order valence-electron chi connectivity index (χ2n) is 18.2. The maximum Gasteiger partial charge on any atom is 0.312 e. The lowest BCUT2D eigenvalue weighted by Crippen LogP contribution is -2.68. The number of carbonyl (C=O) groups excluding carboxylic acids is 2. The molecule has 4 fully saturated rings. The highest BCUT2D eigenvalue weighted by atomic mass is 16.5. The Morgan fingerprint density at radius 3 is 2.06 bits per heavy atom. The first kappa shape index (κ1) is 33.7. The second-order valence-corrected chi connectivity index (χ2v) is 18.2. The summed E-state index contributed by atoms with van der Waals surface area (Å²) in [6, 6.07) is 20.0. The molecule has 0 bridgehead atoms. The van der Waals surface area contributed by atoms with Gasteiger partial charge in [-0.05, 0) is 115 Å². The summed E-state index contributed by atoms with van der Waals surface area (Å²) in [5.74, 6) is 0.376. The molecule has 0 amide bonds. The molecule has 2 aromatic carbocycles. The first-order valence-electron chi connectivity index (χ1n) is 18.6. The minimum atomic E-state index is -0.655. The number of ketones is 1. The fourth-order valence-corrected chi connectivity index (χ4v) is 12.3. The first-order chi connectivity index (χ1) is 22.7. The van der Waals surface area contributed by atoms with Gasteiger partial charge in [-0.1, -0.05) is 101 Å². The molecule has 0 unspecified atom stereocenters. The third-order valence-electron chi connectivity index (χ3n) is 15.7. The first-order valence-corrected chi connectivity index (χ1v) is 18.6. The summed E-state index contributed by atoms with van der Waals surface area (Å²) in [7, 11) is 0. The van der Waals surface area contributed by atoms with Crippen LogP contribution in [0.15, 0.2) is 72.3 Å². The van der Waals surface area contributed by atoms with Gasteiger partial charge in [0.1, 0.15) is 0 Å². The molecule has 48 heavy (non-hydrogen) atoms. The van der Waals surface area contributed by atoms with E-state index in [1.54, 1.807) is 0 Å². The van der Waals surface area contributed by atoms with Gasteiger partial charge in [-0.15, -0.1) is 0 Å². The van der Waals surface area contributed by atoms with Gasteiger partial charge in [0.15, 0.2) is 11.9 Å². The number of esters is 1. The molecular formula is C43H57NO4. The number of aliphatic hydroxyl groups excluding tert-OH is 1. The summed E-state index contributed by atoms with van der Waals surface area (Å²) in [4.78, 5) is 29.2. The van der Waals surface area contributed by atoms with Gasteiger partial charge in [-0.25, -0.2) is 0 Å².